The second-order valence-electron chi connectivity index (χ2n) is 5.40. The highest BCUT2D eigenvalue weighted by Crippen LogP contribution is 2.37. The molecule has 0 radical (unpaired) electrons. The topological polar surface area (TPSA) is 38.5 Å². The minimum Gasteiger partial charge on any atom is -0.328 e. The van der Waals surface area contributed by atoms with Crippen LogP contribution in [0.5, 0.6) is 0 Å². The van der Waals surface area contributed by atoms with Crippen molar-refractivity contribution in [1.29, 1.82) is 0 Å². The molecule has 1 fully saturated rings. The molecule has 3 rings (SSSR count). The molecular formula is C13H20N4S. The number of nitrogens with one attached hydrogen (secondary N) is 1. The average Bonchev–Trinajstić information content (AvgIpc) is 2.96. The Balaban J connectivity index is 2.25. The van der Waals surface area contributed by atoms with E-state index in [1.54, 1.807) is 0 Å². The fourth-order valence-corrected chi connectivity index (χ4v) is 3.63. The van der Waals surface area contributed by atoms with Gasteiger partial charge in [0.25, 0.3) is 0 Å². The zero-order valence-electron chi connectivity index (χ0n) is 11.2. The first kappa shape index (κ1) is 12.0. The molecule has 2 aromatic rings. The highest BCUT2D eigenvalue weighted by molar-refractivity contribution is 7.71. The van der Waals surface area contributed by atoms with Gasteiger partial charge in [0.05, 0.1) is 5.69 Å². The number of nitrogens with zero attached hydrogens (tertiary/aromatic N) is 3. The number of fused-ring (bicyclic) bond motifs is 1. The molecule has 1 aliphatic carbocycles. The quantitative estimate of drug-likeness (QED) is 0.845. The van der Waals surface area contributed by atoms with E-state index in [0.29, 0.717) is 12.0 Å². The number of aryl methyl sites for hydroxylation is 2. The molecule has 0 aliphatic heterocycles. The Bertz CT molecular complexity index is 633. The zero-order chi connectivity index (χ0) is 12.9. The minimum absolute atomic E-state index is 0.534. The summed E-state index contributed by atoms with van der Waals surface area (Å²) < 4.78 is 5.13. The molecule has 1 aliphatic rings. The van der Waals surface area contributed by atoms with Gasteiger partial charge in [-0.1, -0.05) is 20.3 Å². The van der Waals surface area contributed by atoms with Crippen LogP contribution in [0.1, 0.15) is 44.8 Å². The van der Waals surface area contributed by atoms with Crippen LogP contribution in [0.25, 0.3) is 11.2 Å². The Morgan fingerprint density at radius 1 is 1.44 bits per heavy atom. The molecule has 0 saturated heterocycles. The van der Waals surface area contributed by atoms with Crippen LogP contribution in [0.4, 0.5) is 0 Å². The van der Waals surface area contributed by atoms with Crippen molar-refractivity contribution < 1.29 is 0 Å². The van der Waals surface area contributed by atoms with Crippen molar-refractivity contribution in [2.75, 3.05) is 0 Å². The highest BCUT2D eigenvalue weighted by atomic mass is 32.1. The summed E-state index contributed by atoms with van der Waals surface area (Å²) in [5, 5.41) is 4.58. The molecule has 0 aromatic carbocycles. The molecule has 2 atom stereocenters. The van der Waals surface area contributed by atoms with Crippen LogP contribution < -0.4 is 0 Å². The van der Waals surface area contributed by atoms with Gasteiger partial charge in [-0.25, -0.2) is 0 Å². The van der Waals surface area contributed by atoms with Gasteiger partial charge < -0.3 is 4.98 Å². The molecule has 2 unspecified atom stereocenters. The smallest absolute Gasteiger partial charge is 0.179 e. The second kappa shape index (κ2) is 4.23. The Morgan fingerprint density at radius 3 is 2.83 bits per heavy atom. The zero-order valence-corrected chi connectivity index (χ0v) is 12.0. The Labute approximate surface area is 112 Å². The van der Waals surface area contributed by atoms with E-state index >= 15 is 0 Å². The first-order valence-electron chi connectivity index (χ1n) is 6.79. The molecule has 5 heteroatoms. The van der Waals surface area contributed by atoms with Crippen LogP contribution in [-0.2, 0) is 13.5 Å². The number of aromatic nitrogens is 4. The summed E-state index contributed by atoms with van der Waals surface area (Å²) in [6.07, 6.45) is 4.78. The summed E-state index contributed by atoms with van der Waals surface area (Å²) in [6, 6.07) is 0.534. The number of H-pyrrole nitrogens is 1. The lowest BCUT2D eigenvalue weighted by Gasteiger charge is -2.18. The maximum atomic E-state index is 5.53. The third kappa shape index (κ3) is 1.56. The van der Waals surface area contributed by atoms with Gasteiger partial charge >= 0.3 is 0 Å². The van der Waals surface area contributed by atoms with E-state index in [2.05, 4.69) is 28.5 Å². The number of imidazole rings is 1. The first-order valence-corrected chi connectivity index (χ1v) is 7.20. The Hall–Kier alpha value is -1.10. The van der Waals surface area contributed by atoms with Crippen molar-refractivity contribution in [2.45, 2.75) is 45.6 Å². The van der Waals surface area contributed by atoms with Gasteiger partial charge in [0, 0.05) is 13.1 Å². The molecular weight excluding hydrogens is 244 g/mol. The van der Waals surface area contributed by atoms with Crippen molar-refractivity contribution in [3.8, 4) is 0 Å². The molecule has 18 heavy (non-hydrogen) atoms. The second-order valence-corrected chi connectivity index (χ2v) is 5.78. The van der Waals surface area contributed by atoms with E-state index in [1.165, 1.54) is 19.3 Å². The summed E-state index contributed by atoms with van der Waals surface area (Å²) in [5.41, 5.74) is 3.41. The van der Waals surface area contributed by atoms with E-state index in [0.717, 1.165) is 28.0 Å². The molecule has 0 spiro atoms. The van der Waals surface area contributed by atoms with Gasteiger partial charge in [-0.05, 0) is 37.4 Å². The van der Waals surface area contributed by atoms with E-state index in [-0.39, 0.29) is 0 Å². The maximum absolute atomic E-state index is 5.53. The predicted molar refractivity (Wildman–Crippen MR) is 75.3 cm³/mol. The summed E-state index contributed by atoms with van der Waals surface area (Å²) in [4.78, 5) is 3.36. The molecule has 98 valence electrons. The fourth-order valence-electron chi connectivity index (χ4n) is 3.30. The van der Waals surface area contributed by atoms with Crippen molar-refractivity contribution in [3.05, 3.63) is 10.5 Å². The predicted octanol–water partition coefficient (Wildman–Crippen LogP) is 3.36. The standard InChI is InChI=1S/C13H20N4S/c1-4-9-11-12(16(3)15-9)17(13(18)14-11)10-7-5-6-8(10)2/h8,10H,4-7H2,1-3H3,(H,14,18). The average molecular weight is 264 g/mol. The van der Waals surface area contributed by atoms with Crippen LogP contribution in [0.3, 0.4) is 0 Å². The van der Waals surface area contributed by atoms with Gasteiger partial charge in [-0.2, -0.15) is 5.10 Å². The Morgan fingerprint density at radius 2 is 2.22 bits per heavy atom. The van der Waals surface area contributed by atoms with E-state index < -0.39 is 0 Å². The maximum Gasteiger partial charge on any atom is 0.179 e. The monoisotopic (exact) mass is 264 g/mol. The van der Waals surface area contributed by atoms with Crippen molar-refractivity contribution in [1.82, 2.24) is 19.3 Å². The summed E-state index contributed by atoms with van der Waals surface area (Å²) in [7, 11) is 2.01. The molecule has 1 saturated carbocycles. The third-order valence-electron chi connectivity index (χ3n) is 4.25. The normalized spacial score (nSPS) is 24.2. The van der Waals surface area contributed by atoms with Gasteiger partial charge in [0.1, 0.15) is 5.52 Å². The fraction of sp³-hybridized carbons (Fsp3) is 0.692. The number of aromatic amines is 1. The van der Waals surface area contributed by atoms with Crippen molar-refractivity contribution in [3.63, 3.8) is 0 Å². The molecule has 1 N–H and O–H groups in total. The number of hydrogen-bond donors (Lipinski definition) is 1. The van der Waals surface area contributed by atoms with Gasteiger partial charge in [0.2, 0.25) is 0 Å². The van der Waals surface area contributed by atoms with Crippen LogP contribution in [0.2, 0.25) is 0 Å². The van der Waals surface area contributed by atoms with Gasteiger partial charge in [-0.15, -0.1) is 0 Å². The van der Waals surface area contributed by atoms with E-state index in [1.807, 2.05) is 11.7 Å². The SMILES string of the molecule is CCc1nn(C)c2c1[nH]c(=S)n2C1CCCC1C. The summed E-state index contributed by atoms with van der Waals surface area (Å²) in [5.74, 6) is 0.704. The van der Waals surface area contributed by atoms with Crippen LogP contribution in [0.15, 0.2) is 0 Å². The van der Waals surface area contributed by atoms with Crippen LogP contribution in [-0.4, -0.2) is 19.3 Å². The number of hydrogen-bond acceptors (Lipinski definition) is 2. The molecule has 0 bridgehead atoms. The van der Waals surface area contributed by atoms with Crippen LogP contribution in [0, 0.1) is 10.7 Å². The lowest BCUT2D eigenvalue weighted by Crippen LogP contribution is -2.13. The van der Waals surface area contributed by atoms with Crippen molar-refractivity contribution in [2.24, 2.45) is 13.0 Å². The Kier molecular flexibility index (Phi) is 2.81. The lowest BCUT2D eigenvalue weighted by atomic mass is 10.1. The summed E-state index contributed by atoms with van der Waals surface area (Å²) >= 11 is 5.53. The molecule has 4 nitrogen and oxygen atoms in total. The van der Waals surface area contributed by atoms with Crippen molar-refractivity contribution >= 4 is 23.4 Å². The van der Waals surface area contributed by atoms with Gasteiger partial charge in [0.15, 0.2) is 10.4 Å². The van der Waals surface area contributed by atoms with E-state index in [9.17, 15) is 0 Å². The highest BCUT2D eigenvalue weighted by Gasteiger charge is 2.28. The van der Waals surface area contributed by atoms with E-state index in [4.69, 9.17) is 12.2 Å². The lowest BCUT2D eigenvalue weighted by molar-refractivity contribution is 0.407. The largest absolute Gasteiger partial charge is 0.328 e. The number of rotatable bonds is 2. The minimum atomic E-state index is 0.534. The molecule has 2 aromatic heterocycles. The molecule has 0 amide bonds. The first-order chi connectivity index (χ1) is 8.63. The third-order valence-corrected chi connectivity index (χ3v) is 4.55. The summed E-state index contributed by atoms with van der Waals surface area (Å²) in [6.45, 7) is 4.46. The van der Waals surface area contributed by atoms with Crippen LogP contribution >= 0.6 is 12.2 Å². The van der Waals surface area contributed by atoms with Gasteiger partial charge in [-0.3, -0.25) is 9.25 Å². The molecule has 2 heterocycles.